The first-order chi connectivity index (χ1) is 14.8. The Morgan fingerprint density at radius 1 is 1.31 bits per heavy atom. The third kappa shape index (κ3) is 5.99. The van der Waals surface area contributed by atoms with Crippen molar-refractivity contribution in [1.29, 1.82) is 0 Å². The summed E-state index contributed by atoms with van der Waals surface area (Å²) in [5.74, 6) is -2.60. The molecule has 0 saturated carbocycles. The van der Waals surface area contributed by atoms with Gasteiger partial charge in [-0.25, -0.2) is 4.79 Å². The lowest BCUT2D eigenvalue weighted by Gasteiger charge is -2.24. The predicted molar refractivity (Wildman–Crippen MR) is 115 cm³/mol. The van der Waals surface area contributed by atoms with Crippen LogP contribution >= 0.6 is 0 Å². The fraction of sp³-hybridized carbons (Fsp3) is 0.400. The number of nitrogens with one attached hydrogen (secondary N) is 1. The molecule has 1 heterocycles. The van der Waals surface area contributed by atoms with E-state index in [1.165, 1.54) is 39.2 Å². The zero-order valence-electron chi connectivity index (χ0n) is 17.8. The molecule has 174 valence electrons. The van der Waals surface area contributed by atoms with Gasteiger partial charge in [-0.3, -0.25) is 9.78 Å². The highest BCUT2D eigenvalue weighted by molar-refractivity contribution is 5.96. The van der Waals surface area contributed by atoms with Crippen LogP contribution in [0, 0.1) is 6.92 Å². The first kappa shape index (κ1) is 24.7. The topological polar surface area (TPSA) is 151 Å². The fourth-order valence-electron chi connectivity index (χ4n) is 3.40. The number of hydrazone groups is 1. The number of aromatic amines is 1. The molecular formula is C20H25F3N6O3. The largest absolute Gasteiger partial charge is 0.478 e. The molecule has 0 radical (unpaired) electrons. The second-order valence-electron chi connectivity index (χ2n) is 7.47. The third-order valence-corrected chi connectivity index (χ3v) is 4.80. The van der Waals surface area contributed by atoms with Crippen LogP contribution in [0.4, 0.5) is 24.9 Å². The number of hydrogen-bond donors (Lipinski definition) is 4. The minimum atomic E-state index is -4.73. The Hall–Kier alpha value is -3.57. The number of rotatable bonds is 8. The number of H-pyrrole nitrogens is 1. The SMILES string of the molecule is Cc1cc(C(CCCc2c(N)nc(N)[nH]c2=O)/C(=N/N(C)C)C(F)(F)F)ccc1C(=O)O. The van der Waals surface area contributed by atoms with E-state index in [2.05, 4.69) is 15.1 Å². The zero-order valence-corrected chi connectivity index (χ0v) is 17.8. The highest BCUT2D eigenvalue weighted by Gasteiger charge is 2.42. The van der Waals surface area contributed by atoms with Crippen molar-refractivity contribution in [2.24, 2.45) is 5.10 Å². The number of aromatic nitrogens is 2. The van der Waals surface area contributed by atoms with Crippen LogP contribution < -0.4 is 17.0 Å². The number of aromatic carboxylic acids is 1. The summed E-state index contributed by atoms with van der Waals surface area (Å²) in [5, 5.41) is 14.0. The number of carbonyl (C=O) groups is 1. The molecule has 1 unspecified atom stereocenters. The van der Waals surface area contributed by atoms with Gasteiger partial charge in [0.2, 0.25) is 5.95 Å². The van der Waals surface area contributed by atoms with Crippen LogP contribution in [0.25, 0.3) is 0 Å². The van der Waals surface area contributed by atoms with Gasteiger partial charge in [0.1, 0.15) is 11.5 Å². The summed E-state index contributed by atoms with van der Waals surface area (Å²) in [4.78, 5) is 29.4. The van der Waals surface area contributed by atoms with Crippen LogP contribution in [-0.4, -0.2) is 52.0 Å². The van der Waals surface area contributed by atoms with E-state index in [4.69, 9.17) is 11.5 Å². The minimum absolute atomic E-state index is 0.00198. The van der Waals surface area contributed by atoms with Crippen molar-refractivity contribution in [2.45, 2.75) is 38.3 Å². The molecule has 32 heavy (non-hydrogen) atoms. The van der Waals surface area contributed by atoms with Crippen LogP contribution in [0.3, 0.4) is 0 Å². The van der Waals surface area contributed by atoms with Gasteiger partial charge >= 0.3 is 12.1 Å². The van der Waals surface area contributed by atoms with Crippen molar-refractivity contribution in [3.05, 3.63) is 50.8 Å². The molecular weight excluding hydrogens is 429 g/mol. The van der Waals surface area contributed by atoms with E-state index >= 15 is 0 Å². The van der Waals surface area contributed by atoms with Crippen LogP contribution in [0.5, 0.6) is 0 Å². The Kier molecular flexibility index (Phi) is 7.49. The first-order valence-corrected chi connectivity index (χ1v) is 9.62. The first-order valence-electron chi connectivity index (χ1n) is 9.62. The maximum absolute atomic E-state index is 13.9. The van der Waals surface area contributed by atoms with Gasteiger partial charge in [-0.05, 0) is 43.4 Å². The summed E-state index contributed by atoms with van der Waals surface area (Å²) < 4.78 is 41.7. The maximum atomic E-state index is 13.9. The number of aryl methyl sites for hydroxylation is 1. The molecule has 12 heteroatoms. The molecule has 6 N–H and O–H groups in total. The lowest BCUT2D eigenvalue weighted by Crippen LogP contribution is -2.32. The lowest BCUT2D eigenvalue weighted by atomic mass is 9.86. The van der Waals surface area contributed by atoms with Gasteiger partial charge in [0.15, 0.2) is 0 Å². The lowest BCUT2D eigenvalue weighted by molar-refractivity contribution is -0.0628. The van der Waals surface area contributed by atoms with Gasteiger partial charge in [0.05, 0.1) is 11.1 Å². The summed E-state index contributed by atoms with van der Waals surface area (Å²) >= 11 is 0. The van der Waals surface area contributed by atoms with Crippen LogP contribution in [0.2, 0.25) is 0 Å². The molecule has 0 bridgehead atoms. The summed E-state index contributed by atoms with van der Waals surface area (Å²) in [6.07, 6.45) is -4.52. The molecule has 0 aliphatic carbocycles. The number of benzene rings is 1. The standard InChI is InChI=1S/C20H25F3N6O3/c1-10-9-11(7-8-12(10)18(31)32)13(15(20(21,22)23)28-29(2)3)5-4-6-14-16(24)26-19(25)27-17(14)30/h7-9,13H,4-6H2,1-3H3,(H,31,32)(H5,24,25,26,27,30)/b28-15-. The van der Waals surface area contributed by atoms with E-state index in [0.717, 1.165) is 5.01 Å². The predicted octanol–water partition coefficient (Wildman–Crippen LogP) is 2.53. The fourth-order valence-corrected chi connectivity index (χ4v) is 3.40. The molecule has 9 nitrogen and oxygen atoms in total. The number of nitrogen functional groups attached to an aromatic ring is 2. The van der Waals surface area contributed by atoms with Crippen molar-refractivity contribution >= 4 is 23.4 Å². The van der Waals surface area contributed by atoms with E-state index in [1.807, 2.05) is 0 Å². The van der Waals surface area contributed by atoms with Gasteiger partial charge < -0.3 is 21.6 Å². The van der Waals surface area contributed by atoms with Crippen molar-refractivity contribution in [2.75, 3.05) is 25.6 Å². The summed E-state index contributed by atoms with van der Waals surface area (Å²) in [7, 11) is 2.75. The van der Waals surface area contributed by atoms with E-state index in [1.54, 1.807) is 0 Å². The quantitative estimate of drug-likeness (QED) is 0.353. The highest BCUT2D eigenvalue weighted by Crippen LogP contribution is 2.34. The summed E-state index contributed by atoms with van der Waals surface area (Å²) in [5.41, 5.74) is 10.3. The summed E-state index contributed by atoms with van der Waals surface area (Å²) in [6.45, 7) is 1.51. The zero-order chi connectivity index (χ0) is 24.2. The average molecular weight is 454 g/mol. The summed E-state index contributed by atoms with van der Waals surface area (Å²) in [6, 6.07) is 4.04. The molecule has 0 aliphatic rings. The Morgan fingerprint density at radius 3 is 2.47 bits per heavy atom. The van der Waals surface area contributed by atoms with Crippen LogP contribution in [0.1, 0.15) is 45.8 Å². The van der Waals surface area contributed by atoms with Gasteiger partial charge in [-0.2, -0.15) is 23.3 Å². The molecule has 1 aromatic carbocycles. The molecule has 0 aliphatic heterocycles. The number of carboxylic acids is 1. The van der Waals surface area contributed by atoms with Crippen molar-refractivity contribution in [1.82, 2.24) is 15.0 Å². The average Bonchev–Trinajstić information content (AvgIpc) is 2.64. The monoisotopic (exact) mass is 454 g/mol. The van der Waals surface area contributed by atoms with Crippen molar-refractivity contribution < 1.29 is 23.1 Å². The second-order valence-corrected chi connectivity index (χ2v) is 7.47. The number of hydrogen-bond acceptors (Lipinski definition) is 7. The highest BCUT2D eigenvalue weighted by atomic mass is 19.4. The maximum Gasteiger partial charge on any atom is 0.431 e. The Labute approximate surface area is 181 Å². The molecule has 1 atom stereocenters. The smallest absolute Gasteiger partial charge is 0.431 e. The third-order valence-electron chi connectivity index (χ3n) is 4.80. The molecule has 2 rings (SSSR count). The second kappa shape index (κ2) is 9.71. The van der Waals surface area contributed by atoms with Gasteiger partial charge in [-0.15, -0.1) is 0 Å². The molecule has 0 saturated heterocycles. The number of anilines is 2. The number of nitrogens with two attached hydrogens (primary N) is 2. The molecule has 0 amide bonds. The minimum Gasteiger partial charge on any atom is -0.478 e. The number of alkyl halides is 3. The van der Waals surface area contributed by atoms with E-state index in [9.17, 15) is 27.9 Å². The van der Waals surface area contributed by atoms with Gasteiger partial charge in [-0.1, -0.05) is 12.1 Å². The normalized spacial score (nSPS) is 13.1. The van der Waals surface area contributed by atoms with E-state index in [-0.39, 0.29) is 47.7 Å². The number of nitrogens with zero attached hydrogens (tertiary/aromatic N) is 3. The van der Waals surface area contributed by atoms with Crippen LogP contribution in [0.15, 0.2) is 28.1 Å². The Balaban J connectivity index is 2.44. The Bertz CT molecular complexity index is 1080. The Morgan fingerprint density at radius 2 is 1.97 bits per heavy atom. The van der Waals surface area contributed by atoms with Crippen molar-refractivity contribution in [3.8, 4) is 0 Å². The molecule has 1 aromatic heterocycles. The molecule has 2 aromatic rings. The number of halogens is 3. The number of carboxylic acid groups (broad SMARTS) is 1. The molecule has 0 spiro atoms. The van der Waals surface area contributed by atoms with Gasteiger partial charge in [0.25, 0.3) is 5.56 Å². The van der Waals surface area contributed by atoms with E-state index < -0.39 is 29.3 Å². The van der Waals surface area contributed by atoms with Crippen molar-refractivity contribution in [3.63, 3.8) is 0 Å². The molecule has 0 fully saturated rings. The van der Waals surface area contributed by atoms with Gasteiger partial charge in [0, 0.05) is 20.0 Å². The van der Waals surface area contributed by atoms with E-state index in [0.29, 0.717) is 5.56 Å². The van der Waals surface area contributed by atoms with Crippen LogP contribution in [-0.2, 0) is 6.42 Å².